The number of alkyl halides is 3. The van der Waals surface area contributed by atoms with Crippen molar-refractivity contribution in [3.05, 3.63) is 0 Å². The van der Waals surface area contributed by atoms with Crippen molar-refractivity contribution in [1.29, 1.82) is 0 Å². The van der Waals surface area contributed by atoms with Crippen molar-refractivity contribution < 1.29 is 22.7 Å². The summed E-state index contributed by atoms with van der Waals surface area (Å²) in [6.07, 6.45) is -6.17. The van der Waals surface area contributed by atoms with E-state index in [-0.39, 0.29) is 0 Å². The number of carbonyl (C=O) groups is 1. The van der Waals surface area contributed by atoms with Crippen LogP contribution in [0.2, 0.25) is 0 Å². The number of alkyl carbamates (subject to hydrolysis) is 1. The first-order chi connectivity index (χ1) is 5.35. The van der Waals surface area contributed by atoms with Crippen LogP contribution in [0.1, 0.15) is 13.3 Å². The highest BCUT2D eigenvalue weighted by Crippen LogP contribution is 2.21. The van der Waals surface area contributed by atoms with Crippen molar-refractivity contribution in [2.75, 3.05) is 7.11 Å². The number of rotatable bonds is 2. The summed E-state index contributed by atoms with van der Waals surface area (Å²) in [7, 11) is 1.09. The van der Waals surface area contributed by atoms with Gasteiger partial charge in [-0.25, -0.2) is 4.79 Å². The molecular weight excluding hydrogens is 175 g/mol. The van der Waals surface area contributed by atoms with Gasteiger partial charge in [-0.15, -0.1) is 0 Å². The summed E-state index contributed by atoms with van der Waals surface area (Å²) in [6.45, 7) is 1.25. The Balaban J connectivity index is 3.74. The van der Waals surface area contributed by atoms with Crippen molar-refractivity contribution in [1.82, 2.24) is 5.32 Å². The number of halogens is 3. The number of methoxy groups -OCH3 is 1. The van der Waals surface area contributed by atoms with E-state index in [2.05, 4.69) is 4.74 Å². The largest absolute Gasteiger partial charge is 0.453 e. The van der Waals surface area contributed by atoms with Crippen LogP contribution in [0.4, 0.5) is 18.0 Å². The van der Waals surface area contributed by atoms with E-state index in [4.69, 9.17) is 0 Å². The molecule has 0 heterocycles. The van der Waals surface area contributed by atoms with Crippen LogP contribution in [0, 0.1) is 0 Å². The van der Waals surface area contributed by atoms with Gasteiger partial charge in [0.2, 0.25) is 0 Å². The van der Waals surface area contributed by atoms with Crippen LogP contribution < -0.4 is 5.32 Å². The molecule has 0 aromatic carbocycles. The second kappa shape index (κ2) is 4.18. The fourth-order valence-electron chi connectivity index (χ4n) is 0.658. The molecule has 1 unspecified atom stereocenters. The maximum Gasteiger partial charge on any atom is 0.407 e. The molecular formula is C6H10F3NO2. The lowest BCUT2D eigenvalue weighted by atomic mass is 10.2. The highest BCUT2D eigenvalue weighted by molar-refractivity contribution is 5.67. The summed E-state index contributed by atoms with van der Waals surface area (Å²) in [4.78, 5) is 10.4. The molecule has 72 valence electrons. The Labute approximate surface area is 67.9 Å². The third-order valence-corrected chi connectivity index (χ3v) is 1.09. The van der Waals surface area contributed by atoms with Crippen LogP contribution in [-0.4, -0.2) is 25.4 Å². The smallest absolute Gasteiger partial charge is 0.407 e. The zero-order chi connectivity index (χ0) is 9.78. The standard InChI is InChI=1S/C6H10F3NO2/c1-4(3-6(7,8)9)10-5(11)12-2/h4H,3H2,1-2H3,(H,10,11). The number of hydrogen-bond donors (Lipinski definition) is 1. The molecule has 0 radical (unpaired) electrons. The van der Waals surface area contributed by atoms with Crippen molar-refractivity contribution >= 4 is 6.09 Å². The van der Waals surface area contributed by atoms with Gasteiger partial charge in [-0.05, 0) is 6.92 Å². The van der Waals surface area contributed by atoms with Gasteiger partial charge in [0.25, 0.3) is 0 Å². The van der Waals surface area contributed by atoms with Gasteiger partial charge >= 0.3 is 12.3 Å². The first kappa shape index (κ1) is 11.1. The van der Waals surface area contributed by atoms with E-state index in [1.54, 1.807) is 0 Å². The molecule has 0 spiro atoms. The van der Waals surface area contributed by atoms with E-state index in [9.17, 15) is 18.0 Å². The lowest BCUT2D eigenvalue weighted by molar-refractivity contribution is -0.138. The number of carbonyl (C=O) groups excluding carboxylic acids is 1. The predicted molar refractivity (Wildman–Crippen MR) is 35.7 cm³/mol. The molecule has 12 heavy (non-hydrogen) atoms. The molecule has 0 aliphatic rings. The molecule has 0 aromatic heterocycles. The number of ether oxygens (including phenoxy) is 1. The topological polar surface area (TPSA) is 38.3 Å². The summed E-state index contributed by atoms with van der Waals surface area (Å²) < 4.78 is 39.1. The third kappa shape index (κ3) is 5.82. The van der Waals surface area contributed by atoms with Crippen molar-refractivity contribution in [3.63, 3.8) is 0 Å². The minimum Gasteiger partial charge on any atom is -0.453 e. The maximum absolute atomic E-state index is 11.7. The van der Waals surface area contributed by atoms with E-state index >= 15 is 0 Å². The van der Waals surface area contributed by atoms with E-state index in [0.717, 1.165) is 7.11 Å². The average molecular weight is 185 g/mol. The van der Waals surface area contributed by atoms with Gasteiger partial charge < -0.3 is 10.1 Å². The predicted octanol–water partition coefficient (Wildman–Crippen LogP) is 1.68. The van der Waals surface area contributed by atoms with Crippen LogP contribution in [0.25, 0.3) is 0 Å². The number of nitrogens with one attached hydrogen (secondary N) is 1. The summed E-state index contributed by atoms with van der Waals surface area (Å²) in [6, 6.07) is -0.961. The number of hydrogen-bond acceptors (Lipinski definition) is 2. The zero-order valence-electron chi connectivity index (χ0n) is 6.73. The molecule has 1 atom stereocenters. The molecule has 0 aliphatic heterocycles. The van der Waals surface area contributed by atoms with Crippen molar-refractivity contribution in [2.24, 2.45) is 0 Å². The molecule has 0 saturated carbocycles. The summed E-state index contributed by atoms with van der Waals surface area (Å²) in [5, 5.41) is 2.00. The second-order valence-electron chi connectivity index (χ2n) is 2.36. The van der Waals surface area contributed by atoms with Gasteiger partial charge in [0, 0.05) is 6.04 Å². The molecule has 0 rings (SSSR count). The Morgan fingerprint density at radius 2 is 2.08 bits per heavy atom. The lowest BCUT2D eigenvalue weighted by Crippen LogP contribution is -2.35. The first-order valence-electron chi connectivity index (χ1n) is 3.26. The molecule has 0 saturated heterocycles. The SMILES string of the molecule is COC(=O)NC(C)CC(F)(F)F. The highest BCUT2D eigenvalue weighted by Gasteiger charge is 2.30. The van der Waals surface area contributed by atoms with Gasteiger partial charge in [0.05, 0.1) is 13.5 Å². The van der Waals surface area contributed by atoms with Gasteiger partial charge in [0.15, 0.2) is 0 Å². The molecule has 0 bridgehead atoms. The molecule has 1 amide bonds. The molecule has 0 aliphatic carbocycles. The fourth-order valence-corrected chi connectivity index (χ4v) is 0.658. The third-order valence-electron chi connectivity index (χ3n) is 1.09. The Kier molecular flexibility index (Phi) is 3.85. The average Bonchev–Trinajstić information content (AvgIpc) is 1.82. The maximum atomic E-state index is 11.7. The summed E-state index contributed by atoms with van der Waals surface area (Å²) in [5.41, 5.74) is 0. The highest BCUT2D eigenvalue weighted by atomic mass is 19.4. The molecule has 1 N–H and O–H groups in total. The van der Waals surface area contributed by atoms with Crippen LogP contribution in [-0.2, 0) is 4.74 Å². The quantitative estimate of drug-likeness (QED) is 0.710. The normalized spacial score (nSPS) is 13.8. The lowest BCUT2D eigenvalue weighted by Gasteiger charge is -2.14. The zero-order valence-corrected chi connectivity index (χ0v) is 6.73. The molecule has 0 aromatic rings. The Hall–Kier alpha value is -0.940. The number of amides is 1. The van der Waals surface area contributed by atoms with Gasteiger partial charge in [-0.1, -0.05) is 0 Å². The Morgan fingerprint density at radius 3 is 2.42 bits per heavy atom. The van der Waals surface area contributed by atoms with Crippen LogP contribution in [0.3, 0.4) is 0 Å². The van der Waals surface area contributed by atoms with E-state index in [1.165, 1.54) is 6.92 Å². The van der Waals surface area contributed by atoms with E-state index in [1.807, 2.05) is 5.32 Å². The minimum absolute atomic E-state index is 0.855. The van der Waals surface area contributed by atoms with Gasteiger partial charge in [-0.2, -0.15) is 13.2 Å². The van der Waals surface area contributed by atoms with Crippen LogP contribution >= 0.6 is 0 Å². The molecule has 6 heteroatoms. The van der Waals surface area contributed by atoms with E-state index < -0.39 is 24.7 Å². The van der Waals surface area contributed by atoms with Crippen molar-refractivity contribution in [3.8, 4) is 0 Å². The van der Waals surface area contributed by atoms with E-state index in [0.29, 0.717) is 0 Å². The minimum atomic E-state index is -4.26. The summed E-state index contributed by atoms with van der Waals surface area (Å²) in [5.74, 6) is 0. The van der Waals surface area contributed by atoms with Gasteiger partial charge in [-0.3, -0.25) is 0 Å². The molecule has 3 nitrogen and oxygen atoms in total. The first-order valence-corrected chi connectivity index (χ1v) is 3.26. The van der Waals surface area contributed by atoms with Crippen LogP contribution in [0.5, 0.6) is 0 Å². The Morgan fingerprint density at radius 1 is 1.58 bits per heavy atom. The Bertz CT molecular complexity index is 157. The summed E-state index contributed by atoms with van der Waals surface area (Å²) >= 11 is 0. The van der Waals surface area contributed by atoms with Gasteiger partial charge in [0.1, 0.15) is 0 Å². The monoisotopic (exact) mass is 185 g/mol. The fraction of sp³-hybridized carbons (Fsp3) is 0.833. The molecule has 0 fully saturated rings. The van der Waals surface area contributed by atoms with Crippen LogP contribution in [0.15, 0.2) is 0 Å². The van der Waals surface area contributed by atoms with Crippen molar-refractivity contribution in [2.45, 2.75) is 25.6 Å². The second-order valence-corrected chi connectivity index (χ2v) is 2.36.